The molecule has 2 heteroatoms. The van der Waals surface area contributed by atoms with Gasteiger partial charge in [-0.15, -0.1) is 0 Å². The number of hydrogen-bond acceptors (Lipinski definition) is 1. The first kappa shape index (κ1) is 34.2. The fraction of sp³-hybridized carbons (Fsp3) is 0.0508. The Kier molecular flexibility index (Phi) is 7.10. The van der Waals surface area contributed by atoms with Crippen LogP contribution in [-0.4, -0.2) is 4.57 Å². The molecule has 0 unspecified atom stereocenters. The van der Waals surface area contributed by atoms with Gasteiger partial charge in [0.15, 0.2) is 0 Å². The molecule has 2 aromatic heterocycles. The molecule has 1 aliphatic rings. The summed E-state index contributed by atoms with van der Waals surface area (Å²) in [5, 5.41) is 10.2. The van der Waals surface area contributed by atoms with Crippen molar-refractivity contribution in [2.24, 2.45) is 0 Å². The van der Waals surface area contributed by atoms with E-state index in [9.17, 15) is 0 Å². The minimum Gasteiger partial charge on any atom is -0.455 e. The molecule has 0 fully saturated rings. The van der Waals surface area contributed by atoms with Crippen molar-refractivity contribution in [3.05, 3.63) is 211 Å². The van der Waals surface area contributed by atoms with E-state index in [-0.39, 0.29) is 5.41 Å². The first-order chi connectivity index (χ1) is 30.0. The summed E-state index contributed by atoms with van der Waals surface area (Å²) in [7, 11) is 0. The molecule has 13 rings (SSSR count). The highest BCUT2D eigenvalue weighted by atomic mass is 16.3. The van der Waals surface area contributed by atoms with Crippen LogP contribution in [0, 0.1) is 0 Å². The van der Waals surface area contributed by atoms with Crippen LogP contribution >= 0.6 is 0 Å². The van der Waals surface area contributed by atoms with Gasteiger partial charge in [-0.1, -0.05) is 184 Å². The molecule has 0 atom stereocenters. The summed E-state index contributed by atoms with van der Waals surface area (Å²) in [4.78, 5) is 0. The van der Waals surface area contributed by atoms with E-state index in [2.05, 4.69) is 206 Å². The maximum absolute atomic E-state index is 6.50. The van der Waals surface area contributed by atoms with Gasteiger partial charge in [-0.3, -0.25) is 0 Å². The fourth-order valence-electron chi connectivity index (χ4n) is 10.8. The van der Waals surface area contributed by atoms with E-state index in [1.54, 1.807) is 0 Å². The lowest BCUT2D eigenvalue weighted by molar-refractivity contribution is 0.632. The molecule has 0 bridgehead atoms. The molecule has 2 nitrogen and oxygen atoms in total. The van der Waals surface area contributed by atoms with Gasteiger partial charge in [-0.05, 0) is 102 Å². The van der Waals surface area contributed by atoms with E-state index >= 15 is 0 Å². The smallest absolute Gasteiger partial charge is 0.143 e. The highest BCUT2D eigenvalue weighted by Gasteiger charge is 2.40. The van der Waals surface area contributed by atoms with Crippen molar-refractivity contribution >= 4 is 54.2 Å². The van der Waals surface area contributed by atoms with Crippen LogP contribution in [0.2, 0.25) is 0 Å². The summed E-state index contributed by atoms with van der Waals surface area (Å²) < 4.78 is 8.99. The molecule has 61 heavy (non-hydrogen) atoms. The molecular formula is C59H39NO. The van der Waals surface area contributed by atoms with Gasteiger partial charge >= 0.3 is 0 Å². The van der Waals surface area contributed by atoms with Gasteiger partial charge in [0, 0.05) is 38.6 Å². The van der Waals surface area contributed by atoms with Gasteiger partial charge < -0.3 is 8.98 Å². The number of fused-ring (bicyclic) bond motifs is 6. The molecule has 0 saturated heterocycles. The van der Waals surface area contributed by atoms with Crippen molar-refractivity contribution in [2.45, 2.75) is 19.3 Å². The third-order valence-corrected chi connectivity index (χ3v) is 13.6. The number of para-hydroxylation sites is 2. The van der Waals surface area contributed by atoms with E-state index < -0.39 is 0 Å². The average molecular weight is 778 g/mol. The van der Waals surface area contributed by atoms with Crippen LogP contribution in [0.15, 0.2) is 205 Å². The zero-order chi connectivity index (χ0) is 40.4. The van der Waals surface area contributed by atoms with Gasteiger partial charge in [-0.2, -0.15) is 0 Å². The van der Waals surface area contributed by atoms with Crippen LogP contribution in [0.3, 0.4) is 0 Å². The van der Waals surface area contributed by atoms with Gasteiger partial charge in [0.2, 0.25) is 0 Å². The lowest BCUT2D eigenvalue weighted by Crippen LogP contribution is -2.14. The van der Waals surface area contributed by atoms with Crippen LogP contribution in [0.25, 0.3) is 116 Å². The third kappa shape index (κ3) is 4.85. The lowest BCUT2D eigenvalue weighted by Gasteiger charge is -2.21. The summed E-state index contributed by atoms with van der Waals surface area (Å²) in [6.07, 6.45) is 0. The molecular weight excluding hydrogens is 739 g/mol. The van der Waals surface area contributed by atoms with E-state index in [0.29, 0.717) is 0 Å². The average Bonchev–Trinajstić information content (AvgIpc) is 3.95. The van der Waals surface area contributed by atoms with Crippen LogP contribution in [0.1, 0.15) is 25.0 Å². The first-order valence-electron chi connectivity index (χ1n) is 21.3. The SMILES string of the molecule is CC1(C)c2ccccc2-c2c1c1cc(-c3ccc4ccc5c(-c6ccc(-c7c(-c8ccccc8)oc8ccccc78)cc6)ccc6ccc3c4c65)ccc1n2-c1ccccc1. The fourth-order valence-corrected chi connectivity index (χ4v) is 10.8. The summed E-state index contributed by atoms with van der Waals surface area (Å²) in [6, 6.07) is 73.4. The predicted molar refractivity (Wildman–Crippen MR) is 256 cm³/mol. The molecule has 0 saturated carbocycles. The number of nitrogens with zero attached hydrogens (tertiary/aromatic N) is 1. The molecule has 0 spiro atoms. The van der Waals surface area contributed by atoms with Crippen molar-refractivity contribution < 1.29 is 4.42 Å². The first-order valence-corrected chi connectivity index (χ1v) is 21.3. The largest absolute Gasteiger partial charge is 0.455 e. The Hall–Kier alpha value is -7.68. The molecule has 0 radical (unpaired) electrons. The van der Waals surface area contributed by atoms with Crippen molar-refractivity contribution in [1.29, 1.82) is 0 Å². The van der Waals surface area contributed by atoms with Gasteiger partial charge in [0.25, 0.3) is 0 Å². The number of hydrogen-bond donors (Lipinski definition) is 0. The van der Waals surface area contributed by atoms with Crippen LogP contribution in [0.5, 0.6) is 0 Å². The summed E-state index contributed by atoms with van der Waals surface area (Å²) in [5.41, 5.74) is 16.9. The van der Waals surface area contributed by atoms with Gasteiger partial charge in [0.1, 0.15) is 11.3 Å². The maximum atomic E-state index is 6.50. The highest BCUT2D eigenvalue weighted by molar-refractivity contribution is 6.27. The number of furan rings is 1. The van der Waals surface area contributed by atoms with Gasteiger partial charge in [0.05, 0.1) is 11.2 Å². The van der Waals surface area contributed by atoms with Crippen LogP contribution in [0.4, 0.5) is 0 Å². The molecule has 0 N–H and O–H groups in total. The number of aromatic nitrogens is 1. The predicted octanol–water partition coefficient (Wildman–Crippen LogP) is 16.2. The number of benzene rings is 10. The van der Waals surface area contributed by atoms with E-state index in [4.69, 9.17) is 4.42 Å². The molecule has 0 amide bonds. The third-order valence-electron chi connectivity index (χ3n) is 13.6. The Bertz CT molecular complexity index is 3700. The Labute approximate surface area is 353 Å². The minimum atomic E-state index is -0.142. The zero-order valence-electron chi connectivity index (χ0n) is 33.9. The molecule has 286 valence electrons. The quantitative estimate of drug-likeness (QED) is 0.159. The molecule has 2 heterocycles. The topological polar surface area (TPSA) is 18.1 Å². The second kappa shape index (κ2) is 12.7. The van der Waals surface area contributed by atoms with Crippen molar-refractivity contribution in [1.82, 2.24) is 4.57 Å². The van der Waals surface area contributed by atoms with Crippen LogP contribution in [-0.2, 0) is 5.41 Å². The second-order valence-electron chi connectivity index (χ2n) is 17.2. The standard InChI is InChI=1S/C59H39NO/c1-59(2)50-19-11-9-17-47(50)57-56(59)49-35-41(29-34-51(49)60(57)42-15-7-4-8-16-42)44-31-26-38-27-32-45-43(30-25-37-28-33-46(44)54(38)53(37)45)36-21-23-39(24-22-36)55-48-18-10-12-20-52(48)61-58(55)40-13-5-3-6-14-40/h3-35H,1-2H3. The Morgan fingerprint density at radius 3 is 1.75 bits per heavy atom. The highest BCUT2D eigenvalue weighted by Crippen LogP contribution is 2.54. The Balaban J connectivity index is 0.966. The molecule has 1 aliphatic carbocycles. The Morgan fingerprint density at radius 2 is 1.02 bits per heavy atom. The lowest BCUT2D eigenvalue weighted by atomic mass is 9.81. The monoisotopic (exact) mass is 777 g/mol. The molecule has 12 aromatic rings. The summed E-state index contributed by atoms with van der Waals surface area (Å²) >= 11 is 0. The van der Waals surface area contributed by atoms with Crippen molar-refractivity contribution in [2.75, 3.05) is 0 Å². The van der Waals surface area contributed by atoms with E-state index in [0.717, 1.165) is 33.4 Å². The minimum absolute atomic E-state index is 0.142. The normalized spacial score (nSPS) is 13.2. The second-order valence-corrected chi connectivity index (χ2v) is 17.2. The van der Waals surface area contributed by atoms with E-state index in [1.165, 1.54) is 93.5 Å². The van der Waals surface area contributed by atoms with Crippen molar-refractivity contribution in [3.8, 4) is 61.6 Å². The van der Waals surface area contributed by atoms with Crippen molar-refractivity contribution in [3.63, 3.8) is 0 Å². The van der Waals surface area contributed by atoms with E-state index in [1.807, 2.05) is 12.1 Å². The van der Waals surface area contributed by atoms with Gasteiger partial charge in [-0.25, -0.2) is 0 Å². The molecule has 0 aliphatic heterocycles. The Morgan fingerprint density at radius 1 is 0.426 bits per heavy atom. The van der Waals surface area contributed by atoms with Crippen LogP contribution < -0.4 is 0 Å². The summed E-state index contributed by atoms with van der Waals surface area (Å²) in [6.45, 7) is 4.78. The zero-order valence-corrected chi connectivity index (χ0v) is 33.9. The molecule has 10 aromatic carbocycles. The number of rotatable bonds is 5. The maximum Gasteiger partial charge on any atom is 0.143 e. The summed E-state index contributed by atoms with van der Waals surface area (Å²) in [5.74, 6) is 0.902.